The lowest BCUT2D eigenvalue weighted by molar-refractivity contribution is 1.22. The van der Waals surface area contributed by atoms with Gasteiger partial charge in [-0.1, -0.05) is 103 Å². The van der Waals surface area contributed by atoms with Gasteiger partial charge in [0.15, 0.2) is 0 Å². The number of anilines is 6. The Morgan fingerprint density at radius 3 is 0.944 bits per heavy atom. The maximum absolute atomic E-state index is 2.50. The SMILES string of the molecule is c1ccc(N(c2ccccc2)c2ccc3cc4c(cc3c2)Cc2cc3c(cc2-4)-c2cc4ccc(N(c5ccccc5)c5ccccc5)cc4cc2C3)cc1. The third kappa shape index (κ3) is 5.10. The summed E-state index contributed by atoms with van der Waals surface area (Å²) in [6.07, 6.45) is 1.94. The zero-order chi connectivity index (χ0) is 35.6. The monoisotopic (exact) mass is 688 g/mol. The van der Waals surface area contributed by atoms with E-state index in [4.69, 9.17) is 0 Å². The molecule has 0 amide bonds. The molecule has 0 fully saturated rings. The summed E-state index contributed by atoms with van der Waals surface area (Å²) in [6.45, 7) is 0. The molecule has 254 valence electrons. The zero-order valence-electron chi connectivity index (χ0n) is 29.8. The van der Waals surface area contributed by atoms with Gasteiger partial charge < -0.3 is 9.80 Å². The van der Waals surface area contributed by atoms with Crippen molar-refractivity contribution < 1.29 is 0 Å². The second-order valence-electron chi connectivity index (χ2n) is 14.6. The maximum atomic E-state index is 2.50. The lowest BCUT2D eigenvalue weighted by Crippen LogP contribution is -2.09. The molecule has 0 heterocycles. The van der Waals surface area contributed by atoms with Crippen LogP contribution in [0.5, 0.6) is 0 Å². The van der Waals surface area contributed by atoms with E-state index >= 15 is 0 Å². The van der Waals surface area contributed by atoms with Gasteiger partial charge >= 0.3 is 0 Å². The molecule has 9 aromatic carbocycles. The zero-order valence-corrected chi connectivity index (χ0v) is 29.8. The smallest absolute Gasteiger partial charge is 0.0468 e. The topological polar surface area (TPSA) is 6.48 Å². The average molecular weight is 689 g/mol. The van der Waals surface area contributed by atoms with Crippen molar-refractivity contribution in [2.75, 3.05) is 9.80 Å². The van der Waals surface area contributed by atoms with E-state index in [9.17, 15) is 0 Å². The highest BCUT2D eigenvalue weighted by Gasteiger charge is 2.27. The molecular weight excluding hydrogens is 653 g/mol. The molecule has 0 radical (unpaired) electrons. The summed E-state index contributed by atoms with van der Waals surface area (Å²) in [4.78, 5) is 4.69. The Balaban J connectivity index is 0.953. The molecule has 0 atom stereocenters. The molecule has 11 rings (SSSR count). The molecule has 2 aliphatic rings. The van der Waals surface area contributed by atoms with Crippen LogP contribution in [0.4, 0.5) is 34.1 Å². The van der Waals surface area contributed by atoms with Crippen molar-refractivity contribution in [1.82, 2.24) is 0 Å². The first-order chi connectivity index (χ1) is 26.7. The molecule has 2 aliphatic carbocycles. The van der Waals surface area contributed by atoms with Crippen LogP contribution in [0.15, 0.2) is 194 Å². The summed E-state index contributed by atoms with van der Waals surface area (Å²) in [7, 11) is 0. The molecule has 0 N–H and O–H groups in total. The normalized spacial score (nSPS) is 12.3. The van der Waals surface area contributed by atoms with Crippen LogP contribution in [0.2, 0.25) is 0 Å². The number of para-hydroxylation sites is 4. The Kier molecular flexibility index (Phi) is 7.03. The third-order valence-electron chi connectivity index (χ3n) is 11.3. The van der Waals surface area contributed by atoms with Gasteiger partial charge in [0, 0.05) is 34.1 Å². The lowest BCUT2D eigenvalue weighted by Gasteiger charge is -2.25. The Morgan fingerprint density at radius 1 is 0.241 bits per heavy atom. The molecule has 0 unspecified atom stereocenters. The number of hydrogen-bond acceptors (Lipinski definition) is 2. The molecule has 2 nitrogen and oxygen atoms in total. The number of hydrogen-bond donors (Lipinski definition) is 0. The fourth-order valence-corrected chi connectivity index (χ4v) is 8.84. The summed E-state index contributed by atoms with van der Waals surface area (Å²) in [5.41, 5.74) is 18.2. The van der Waals surface area contributed by atoms with Crippen LogP contribution in [0, 0.1) is 0 Å². The van der Waals surface area contributed by atoms with Gasteiger partial charge in [-0.25, -0.2) is 0 Å². The van der Waals surface area contributed by atoms with Crippen molar-refractivity contribution in [1.29, 1.82) is 0 Å². The standard InChI is InChI=1S/C52H36N2/c1-5-13-43(14-6-1)53(44-15-7-2-8-16-44)47-23-21-35-32-49-39(25-37(35)30-47)27-41-29-42-28-40-26-38-31-48(24-22-36(38)33-50(40)52(42)34-51(41)49)54(45-17-9-3-10-18-45)46-19-11-4-12-20-46/h1-26,29-34H,27-28H2. The van der Waals surface area contributed by atoms with Crippen molar-refractivity contribution in [3.05, 3.63) is 216 Å². The van der Waals surface area contributed by atoms with Gasteiger partial charge in [0.1, 0.15) is 0 Å². The minimum atomic E-state index is 0.968. The van der Waals surface area contributed by atoms with Gasteiger partial charge in [-0.2, -0.15) is 0 Å². The largest absolute Gasteiger partial charge is 0.310 e. The molecule has 0 spiro atoms. The van der Waals surface area contributed by atoms with Crippen LogP contribution in [-0.2, 0) is 12.8 Å². The summed E-state index contributed by atoms with van der Waals surface area (Å²) in [6, 6.07) is 71.1. The molecule has 0 saturated heterocycles. The van der Waals surface area contributed by atoms with Gasteiger partial charge in [0.05, 0.1) is 0 Å². The van der Waals surface area contributed by atoms with Crippen LogP contribution in [0.25, 0.3) is 43.8 Å². The van der Waals surface area contributed by atoms with Gasteiger partial charge in [-0.05, 0) is 170 Å². The third-order valence-corrected chi connectivity index (χ3v) is 11.3. The van der Waals surface area contributed by atoms with Gasteiger partial charge in [0.2, 0.25) is 0 Å². The lowest BCUT2D eigenvalue weighted by atomic mass is 9.95. The van der Waals surface area contributed by atoms with Crippen LogP contribution in [0.1, 0.15) is 22.3 Å². The van der Waals surface area contributed by atoms with E-state index in [1.54, 1.807) is 0 Å². The van der Waals surface area contributed by atoms with Crippen LogP contribution in [0.3, 0.4) is 0 Å². The van der Waals surface area contributed by atoms with Crippen molar-refractivity contribution in [3.8, 4) is 22.3 Å². The Morgan fingerprint density at radius 2 is 0.574 bits per heavy atom. The van der Waals surface area contributed by atoms with E-state index in [0.717, 1.165) is 47.0 Å². The van der Waals surface area contributed by atoms with Crippen LogP contribution >= 0.6 is 0 Å². The molecule has 0 aromatic heterocycles. The first-order valence-electron chi connectivity index (χ1n) is 18.8. The number of fused-ring (bicyclic) bond motifs is 8. The van der Waals surface area contributed by atoms with Crippen molar-refractivity contribution in [2.24, 2.45) is 0 Å². The molecule has 0 saturated carbocycles. The Hall–Kier alpha value is -6.90. The van der Waals surface area contributed by atoms with E-state index < -0.39 is 0 Å². The highest BCUT2D eigenvalue weighted by atomic mass is 15.1. The predicted octanol–water partition coefficient (Wildman–Crippen LogP) is 14.1. The predicted molar refractivity (Wildman–Crippen MR) is 227 cm³/mol. The average Bonchev–Trinajstić information content (AvgIpc) is 3.75. The van der Waals surface area contributed by atoms with Crippen LogP contribution in [-0.4, -0.2) is 0 Å². The minimum Gasteiger partial charge on any atom is -0.310 e. The van der Waals surface area contributed by atoms with E-state index in [1.165, 1.54) is 66.1 Å². The summed E-state index contributed by atoms with van der Waals surface area (Å²) in [5, 5.41) is 5.10. The summed E-state index contributed by atoms with van der Waals surface area (Å²) >= 11 is 0. The number of nitrogens with zero attached hydrogens (tertiary/aromatic N) is 2. The van der Waals surface area contributed by atoms with E-state index in [1.807, 2.05) is 0 Å². The fraction of sp³-hybridized carbons (Fsp3) is 0.0385. The molecular formula is C52H36N2. The molecule has 9 aromatic rings. The summed E-state index contributed by atoms with van der Waals surface area (Å²) in [5.74, 6) is 0. The van der Waals surface area contributed by atoms with Crippen LogP contribution < -0.4 is 9.80 Å². The molecule has 0 bridgehead atoms. The fourth-order valence-electron chi connectivity index (χ4n) is 8.84. The second-order valence-corrected chi connectivity index (χ2v) is 14.6. The minimum absolute atomic E-state index is 0.968. The quantitative estimate of drug-likeness (QED) is 0.172. The van der Waals surface area contributed by atoms with Crippen molar-refractivity contribution in [2.45, 2.75) is 12.8 Å². The van der Waals surface area contributed by atoms with E-state index in [-0.39, 0.29) is 0 Å². The highest BCUT2D eigenvalue weighted by molar-refractivity contribution is 5.99. The molecule has 54 heavy (non-hydrogen) atoms. The first-order valence-corrected chi connectivity index (χ1v) is 18.8. The van der Waals surface area contributed by atoms with Gasteiger partial charge in [-0.3, -0.25) is 0 Å². The van der Waals surface area contributed by atoms with E-state index in [0.29, 0.717) is 0 Å². The Bertz CT molecular complexity index is 2590. The van der Waals surface area contributed by atoms with Crippen molar-refractivity contribution in [3.63, 3.8) is 0 Å². The highest BCUT2D eigenvalue weighted by Crippen LogP contribution is 2.48. The Labute approximate surface area is 315 Å². The number of rotatable bonds is 6. The first kappa shape index (κ1) is 30.7. The van der Waals surface area contributed by atoms with Crippen molar-refractivity contribution >= 4 is 55.7 Å². The number of benzene rings is 9. The molecule has 2 heteroatoms. The maximum Gasteiger partial charge on any atom is 0.0468 e. The van der Waals surface area contributed by atoms with Gasteiger partial charge in [0.25, 0.3) is 0 Å². The van der Waals surface area contributed by atoms with E-state index in [2.05, 4.69) is 204 Å². The van der Waals surface area contributed by atoms with Gasteiger partial charge in [-0.15, -0.1) is 0 Å². The summed E-state index contributed by atoms with van der Waals surface area (Å²) < 4.78 is 0. The second kappa shape index (κ2) is 12.4. The molecule has 0 aliphatic heterocycles.